The zero-order valence-corrected chi connectivity index (χ0v) is 10.5. The number of hydrogen-bond donors (Lipinski definition) is 3. The number of ether oxygens (including phenoxy) is 1. The van der Waals surface area contributed by atoms with Crippen molar-refractivity contribution in [2.45, 2.75) is 19.0 Å². The molecule has 2 rings (SSSR count). The summed E-state index contributed by atoms with van der Waals surface area (Å²) in [4.78, 5) is 11.7. The van der Waals surface area contributed by atoms with Crippen LogP contribution in [0.1, 0.15) is 12.0 Å². The summed E-state index contributed by atoms with van der Waals surface area (Å²) in [5, 5.41) is 8.80. The van der Waals surface area contributed by atoms with E-state index >= 15 is 0 Å². The van der Waals surface area contributed by atoms with E-state index in [4.69, 9.17) is 4.74 Å². The molecule has 1 aromatic carbocycles. The standard InChI is InChI=1S/C13H19N3O2/c1-14-8-10-3-2-4-11(7-10)15-13(17)16-12-5-6-18-9-12/h2-4,7,12,14H,5-6,8-9H2,1H3,(H2,15,16,17). The van der Waals surface area contributed by atoms with Gasteiger partial charge in [0, 0.05) is 18.8 Å². The first kappa shape index (κ1) is 12.9. The van der Waals surface area contributed by atoms with E-state index < -0.39 is 0 Å². The number of carbonyl (C=O) groups excluding carboxylic acids is 1. The fraction of sp³-hybridized carbons (Fsp3) is 0.462. The molecule has 5 heteroatoms. The highest BCUT2D eigenvalue weighted by Gasteiger charge is 2.17. The maximum Gasteiger partial charge on any atom is 0.319 e. The van der Waals surface area contributed by atoms with Crippen LogP contribution in [0.25, 0.3) is 0 Å². The molecule has 18 heavy (non-hydrogen) atoms. The first-order valence-corrected chi connectivity index (χ1v) is 6.17. The second-order valence-corrected chi connectivity index (χ2v) is 4.39. The summed E-state index contributed by atoms with van der Waals surface area (Å²) in [6.45, 7) is 2.11. The summed E-state index contributed by atoms with van der Waals surface area (Å²) < 4.78 is 5.21. The van der Waals surface area contributed by atoms with E-state index in [1.807, 2.05) is 31.3 Å². The topological polar surface area (TPSA) is 62.4 Å². The van der Waals surface area contributed by atoms with Crippen LogP contribution in [-0.2, 0) is 11.3 Å². The number of hydrogen-bond acceptors (Lipinski definition) is 3. The van der Waals surface area contributed by atoms with Gasteiger partial charge in [0.2, 0.25) is 0 Å². The smallest absolute Gasteiger partial charge is 0.319 e. The molecule has 1 aromatic rings. The average Bonchev–Trinajstić information content (AvgIpc) is 2.82. The summed E-state index contributed by atoms with van der Waals surface area (Å²) in [5.41, 5.74) is 1.94. The molecular formula is C13H19N3O2. The van der Waals surface area contributed by atoms with Crippen LogP contribution >= 0.6 is 0 Å². The highest BCUT2D eigenvalue weighted by Crippen LogP contribution is 2.11. The van der Waals surface area contributed by atoms with Gasteiger partial charge in [-0.2, -0.15) is 0 Å². The van der Waals surface area contributed by atoms with Crippen LogP contribution in [0.3, 0.4) is 0 Å². The first-order chi connectivity index (χ1) is 8.78. The van der Waals surface area contributed by atoms with Crippen molar-refractivity contribution in [1.29, 1.82) is 0 Å². The van der Waals surface area contributed by atoms with Crippen molar-refractivity contribution in [1.82, 2.24) is 10.6 Å². The molecule has 1 atom stereocenters. The molecule has 0 aliphatic carbocycles. The van der Waals surface area contributed by atoms with Gasteiger partial charge in [0.25, 0.3) is 0 Å². The Morgan fingerprint density at radius 3 is 3.11 bits per heavy atom. The van der Waals surface area contributed by atoms with Crippen molar-refractivity contribution in [2.24, 2.45) is 0 Å². The van der Waals surface area contributed by atoms with Gasteiger partial charge in [-0.25, -0.2) is 4.79 Å². The van der Waals surface area contributed by atoms with Crippen molar-refractivity contribution in [3.05, 3.63) is 29.8 Å². The molecule has 0 bridgehead atoms. The molecule has 0 radical (unpaired) electrons. The van der Waals surface area contributed by atoms with Crippen molar-refractivity contribution < 1.29 is 9.53 Å². The van der Waals surface area contributed by atoms with Gasteiger partial charge >= 0.3 is 6.03 Å². The minimum absolute atomic E-state index is 0.130. The Kier molecular flexibility index (Phi) is 4.55. The van der Waals surface area contributed by atoms with Gasteiger partial charge in [0.05, 0.1) is 12.6 Å². The predicted molar refractivity (Wildman–Crippen MR) is 70.6 cm³/mol. The summed E-state index contributed by atoms with van der Waals surface area (Å²) in [7, 11) is 1.90. The highest BCUT2D eigenvalue weighted by molar-refractivity contribution is 5.89. The predicted octanol–water partition coefficient (Wildman–Crippen LogP) is 1.32. The Morgan fingerprint density at radius 1 is 1.50 bits per heavy atom. The van der Waals surface area contributed by atoms with Crippen molar-refractivity contribution in [2.75, 3.05) is 25.6 Å². The molecule has 0 aromatic heterocycles. The van der Waals surface area contributed by atoms with Gasteiger partial charge in [0.15, 0.2) is 0 Å². The van der Waals surface area contributed by atoms with Crippen molar-refractivity contribution >= 4 is 11.7 Å². The molecule has 1 aliphatic rings. The van der Waals surface area contributed by atoms with E-state index in [-0.39, 0.29) is 12.1 Å². The fourth-order valence-corrected chi connectivity index (χ4v) is 1.96. The van der Waals surface area contributed by atoms with Crippen LogP contribution < -0.4 is 16.0 Å². The molecule has 3 N–H and O–H groups in total. The molecule has 0 spiro atoms. The largest absolute Gasteiger partial charge is 0.379 e. The number of carbonyl (C=O) groups is 1. The van der Waals surface area contributed by atoms with Crippen LogP contribution in [0.2, 0.25) is 0 Å². The van der Waals surface area contributed by atoms with Gasteiger partial charge in [-0.3, -0.25) is 0 Å². The van der Waals surface area contributed by atoms with Crippen LogP contribution in [0.5, 0.6) is 0 Å². The lowest BCUT2D eigenvalue weighted by atomic mass is 10.2. The van der Waals surface area contributed by atoms with Crippen LogP contribution in [0.15, 0.2) is 24.3 Å². The zero-order valence-electron chi connectivity index (χ0n) is 10.5. The second kappa shape index (κ2) is 6.37. The number of urea groups is 1. The number of nitrogens with one attached hydrogen (secondary N) is 3. The second-order valence-electron chi connectivity index (χ2n) is 4.39. The van der Waals surface area contributed by atoms with E-state index in [1.54, 1.807) is 0 Å². The summed E-state index contributed by atoms with van der Waals surface area (Å²) in [6.07, 6.45) is 0.882. The molecule has 1 fully saturated rings. The Balaban J connectivity index is 1.87. The molecule has 2 amide bonds. The van der Waals surface area contributed by atoms with Crippen LogP contribution in [0.4, 0.5) is 10.5 Å². The number of benzene rings is 1. The summed E-state index contributed by atoms with van der Waals surface area (Å²) in [6, 6.07) is 7.74. The Morgan fingerprint density at radius 2 is 2.39 bits per heavy atom. The monoisotopic (exact) mass is 249 g/mol. The third kappa shape index (κ3) is 3.72. The minimum Gasteiger partial charge on any atom is -0.379 e. The normalized spacial score (nSPS) is 18.6. The quantitative estimate of drug-likeness (QED) is 0.754. The SMILES string of the molecule is CNCc1cccc(NC(=O)NC2CCOC2)c1. The van der Waals surface area contributed by atoms with E-state index in [1.165, 1.54) is 0 Å². The summed E-state index contributed by atoms with van der Waals surface area (Å²) in [5.74, 6) is 0. The molecule has 0 saturated carbocycles. The van der Waals surface area contributed by atoms with E-state index in [0.717, 1.165) is 30.8 Å². The van der Waals surface area contributed by atoms with Crippen LogP contribution in [-0.4, -0.2) is 32.3 Å². The lowest BCUT2D eigenvalue weighted by Gasteiger charge is -2.12. The minimum atomic E-state index is -0.174. The fourth-order valence-electron chi connectivity index (χ4n) is 1.96. The Labute approximate surface area is 107 Å². The van der Waals surface area contributed by atoms with E-state index in [2.05, 4.69) is 16.0 Å². The number of rotatable bonds is 4. The first-order valence-electron chi connectivity index (χ1n) is 6.17. The highest BCUT2D eigenvalue weighted by atomic mass is 16.5. The maximum atomic E-state index is 11.7. The molecule has 98 valence electrons. The number of amides is 2. The molecule has 1 saturated heterocycles. The van der Waals surface area contributed by atoms with Crippen LogP contribution in [0, 0.1) is 0 Å². The van der Waals surface area contributed by atoms with Gasteiger partial charge in [0.1, 0.15) is 0 Å². The van der Waals surface area contributed by atoms with Crippen molar-refractivity contribution in [3.63, 3.8) is 0 Å². The summed E-state index contributed by atoms with van der Waals surface area (Å²) >= 11 is 0. The van der Waals surface area contributed by atoms with Gasteiger partial charge in [-0.15, -0.1) is 0 Å². The third-order valence-electron chi connectivity index (χ3n) is 2.83. The zero-order chi connectivity index (χ0) is 12.8. The lowest BCUT2D eigenvalue weighted by molar-refractivity contribution is 0.189. The lowest BCUT2D eigenvalue weighted by Crippen LogP contribution is -2.38. The average molecular weight is 249 g/mol. The molecule has 1 heterocycles. The molecule has 1 unspecified atom stereocenters. The van der Waals surface area contributed by atoms with Gasteiger partial charge < -0.3 is 20.7 Å². The molecule has 1 aliphatic heterocycles. The third-order valence-corrected chi connectivity index (χ3v) is 2.83. The van der Waals surface area contributed by atoms with Gasteiger partial charge in [-0.1, -0.05) is 12.1 Å². The van der Waals surface area contributed by atoms with E-state index in [0.29, 0.717) is 6.61 Å². The molecule has 5 nitrogen and oxygen atoms in total. The Hall–Kier alpha value is -1.59. The van der Waals surface area contributed by atoms with Gasteiger partial charge in [-0.05, 0) is 31.2 Å². The van der Waals surface area contributed by atoms with Crippen molar-refractivity contribution in [3.8, 4) is 0 Å². The van der Waals surface area contributed by atoms with E-state index in [9.17, 15) is 4.79 Å². The molecular weight excluding hydrogens is 230 g/mol. The maximum absolute atomic E-state index is 11.7. The number of anilines is 1. The Bertz CT molecular complexity index is 403.